The van der Waals surface area contributed by atoms with E-state index in [4.69, 9.17) is 0 Å². The van der Waals surface area contributed by atoms with Crippen LogP contribution in [0.1, 0.15) is 33.3 Å². The molecule has 34 heavy (non-hydrogen) atoms. The molecule has 0 aromatic heterocycles. The van der Waals surface area contributed by atoms with Gasteiger partial charge in [0.2, 0.25) is 5.78 Å². The summed E-state index contributed by atoms with van der Waals surface area (Å²) in [5.74, 6) is -4.17. The summed E-state index contributed by atoms with van der Waals surface area (Å²) < 4.78 is 1.55. The highest BCUT2D eigenvalue weighted by Crippen LogP contribution is 2.26. The highest BCUT2D eigenvalue weighted by atomic mass is 79.9. The molecule has 0 saturated heterocycles. The van der Waals surface area contributed by atoms with Gasteiger partial charge in [-0.05, 0) is 47.5 Å². The minimum absolute atomic E-state index is 0.0556. The zero-order chi connectivity index (χ0) is 24.7. The van der Waals surface area contributed by atoms with Gasteiger partial charge >= 0.3 is 0 Å². The van der Waals surface area contributed by atoms with E-state index in [1.54, 1.807) is 60.7 Å². The van der Waals surface area contributed by atoms with E-state index in [1.165, 1.54) is 12.1 Å². The monoisotopic (exact) mass is 578 g/mol. The van der Waals surface area contributed by atoms with E-state index in [0.29, 0.717) is 11.1 Å². The van der Waals surface area contributed by atoms with Gasteiger partial charge in [-0.15, -0.1) is 0 Å². The zero-order valence-corrected chi connectivity index (χ0v) is 20.6. The zero-order valence-electron chi connectivity index (χ0n) is 17.4. The number of carbonyl (C=O) groups excluding carboxylic acids is 2. The minimum atomic E-state index is -1.25. The Bertz CT molecular complexity index is 1320. The number of phenols is 1. The molecule has 0 bridgehead atoms. The fourth-order valence-corrected chi connectivity index (χ4v) is 3.66. The van der Waals surface area contributed by atoms with Gasteiger partial charge in [-0.1, -0.05) is 68.3 Å². The lowest BCUT2D eigenvalue weighted by molar-refractivity contribution is -0.113. The van der Waals surface area contributed by atoms with Gasteiger partial charge in [-0.3, -0.25) is 9.59 Å². The van der Waals surface area contributed by atoms with Gasteiger partial charge in [0.15, 0.2) is 0 Å². The second kappa shape index (κ2) is 11.4. The van der Waals surface area contributed by atoms with Crippen LogP contribution in [0.4, 0.5) is 0 Å². The number of halogens is 2. The minimum Gasteiger partial charge on any atom is -0.507 e. The van der Waals surface area contributed by atoms with Gasteiger partial charge in [-0.2, -0.15) is 15.6 Å². The summed E-state index contributed by atoms with van der Waals surface area (Å²) in [5, 5.41) is 33.6. The number of aromatic hydroxyl groups is 1. The molecule has 0 aliphatic heterocycles. The highest BCUT2D eigenvalue weighted by molar-refractivity contribution is 9.10. The molecule has 2 atom stereocenters. The molecule has 0 aliphatic carbocycles. The molecule has 2 N–H and O–H groups in total. The summed E-state index contributed by atoms with van der Waals surface area (Å²) in [6.07, 6.45) is 0. The van der Waals surface area contributed by atoms with Crippen molar-refractivity contribution < 1.29 is 14.7 Å². The van der Waals surface area contributed by atoms with Crippen LogP contribution >= 0.6 is 31.9 Å². The average molecular weight is 580 g/mol. The van der Waals surface area contributed by atoms with E-state index in [2.05, 4.69) is 42.4 Å². The predicted molar refractivity (Wildman–Crippen MR) is 133 cm³/mol. The molecule has 3 rings (SSSR count). The number of para-hydroxylation sites is 1. The van der Waals surface area contributed by atoms with Gasteiger partial charge in [0.1, 0.15) is 23.3 Å². The van der Waals surface area contributed by atoms with E-state index < -0.39 is 23.5 Å². The summed E-state index contributed by atoms with van der Waals surface area (Å²) >= 11 is 6.64. The first-order valence-electron chi connectivity index (χ1n) is 9.86. The van der Waals surface area contributed by atoms with Crippen molar-refractivity contribution in [3.05, 3.63) is 98.4 Å². The number of nitriles is 2. The van der Waals surface area contributed by atoms with Crippen molar-refractivity contribution >= 4 is 49.3 Å². The van der Waals surface area contributed by atoms with Gasteiger partial charge in [-0.25, -0.2) is 5.43 Å². The Hall–Kier alpha value is -3.79. The average Bonchev–Trinajstić information content (AvgIpc) is 2.84. The van der Waals surface area contributed by atoms with Crippen molar-refractivity contribution in [1.29, 1.82) is 10.5 Å². The molecule has 0 fully saturated rings. The number of ketones is 1. The third kappa shape index (κ3) is 5.76. The van der Waals surface area contributed by atoms with E-state index in [-0.39, 0.29) is 17.0 Å². The van der Waals surface area contributed by atoms with Crippen LogP contribution < -0.4 is 5.43 Å². The number of phenolic OH excluding ortho intramolecular Hbond substituents is 1. The first kappa shape index (κ1) is 24.8. The smallest absolute Gasteiger partial charge is 0.275 e. The molecule has 9 heteroatoms. The molecule has 3 aromatic rings. The number of amides is 1. The van der Waals surface area contributed by atoms with Gasteiger partial charge in [0, 0.05) is 8.95 Å². The maximum absolute atomic E-state index is 13.5. The van der Waals surface area contributed by atoms with Crippen LogP contribution in [0, 0.1) is 22.7 Å². The highest BCUT2D eigenvalue weighted by Gasteiger charge is 2.32. The Kier molecular flexibility index (Phi) is 8.31. The Morgan fingerprint density at radius 2 is 1.32 bits per heavy atom. The third-order valence-corrected chi connectivity index (χ3v) is 5.94. The summed E-state index contributed by atoms with van der Waals surface area (Å²) in [5.41, 5.74) is 2.77. The third-order valence-electron chi connectivity index (χ3n) is 4.88. The number of hydrogen-bond donors (Lipinski definition) is 2. The number of Topliss-reactive ketones (excluding diaryl/α,β-unsaturated/α-hetero) is 1. The van der Waals surface area contributed by atoms with Crippen LogP contribution in [0.2, 0.25) is 0 Å². The molecule has 3 aromatic carbocycles. The summed E-state index contributed by atoms with van der Waals surface area (Å²) in [7, 11) is 0. The lowest BCUT2D eigenvalue weighted by atomic mass is 9.86. The summed E-state index contributed by atoms with van der Waals surface area (Å²) in [6.45, 7) is 0. The van der Waals surface area contributed by atoms with E-state index in [9.17, 15) is 25.2 Å². The van der Waals surface area contributed by atoms with E-state index in [0.717, 1.165) is 8.95 Å². The van der Waals surface area contributed by atoms with Crippen LogP contribution in [-0.4, -0.2) is 22.5 Å². The number of hydrazone groups is 1. The van der Waals surface area contributed by atoms with Crippen LogP contribution in [-0.2, 0) is 4.79 Å². The normalized spacial score (nSPS) is 12.6. The molecule has 2 unspecified atom stereocenters. The maximum atomic E-state index is 13.5. The molecule has 168 valence electrons. The largest absolute Gasteiger partial charge is 0.507 e. The van der Waals surface area contributed by atoms with Crippen LogP contribution in [0.3, 0.4) is 0 Å². The van der Waals surface area contributed by atoms with Crippen LogP contribution in [0.25, 0.3) is 0 Å². The second-order valence-electron chi connectivity index (χ2n) is 7.05. The first-order chi connectivity index (χ1) is 16.3. The standard InChI is InChI=1S/C25H16Br2N4O3/c26-17-9-5-15(6-10-17)20(13-28)23(30-31-25(34)19-3-1-2-4-22(19)32)24(33)21(14-29)16-7-11-18(27)12-8-16/h1-12,20-21,32H,(H,31,34)/b30-23-. The Labute approximate surface area is 212 Å². The van der Waals surface area contributed by atoms with E-state index >= 15 is 0 Å². The Morgan fingerprint density at radius 1 is 0.824 bits per heavy atom. The van der Waals surface area contributed by atoms with Crippen LogP contribution in [0.5, 0.6) is 5.75 Å². The maximum Gasteiger partial charge on any atom is 0.275 e. The fraction of sp³-hybridized carbons (Fsp3) is 0.0800. The fourth-order valence-electron chi connectivity index (χ4n) is 3.14. The molecule has 0 heterocycles. The number of carbonyl (C=O) groups is 2. The van der Waals surface area contributed by atoms with Crippen LogP contribution in [0.15, 0.2) is 86.8 Å². The molecular formula is C25H16Br2N4O3. The molecule has 0 aliphatic rings. The molecule has 7 nitrogen and oxygen atoms in total. The van der Waals surface area contributed by atoms with Gasteiger partial charge in [0.05, 0.1) is 17.7 Å². The van der Waals surface area contributed by atoms with Crippen molar-refractivity contribution in [3.8, 4) is 17.9 Å². The number of rotatable bonds is 7. The van der Waals surface area contributed by atoms with E-state index in [1.807, 2.05) is 12.1 Å². The summed E-state index contributed by atoms with van der Waals surface area (Å²) in [4.78, 5) is 26.1. The van der Waals surface area contributed by atoms with Crippen molar-refractivity contribution in [2.24, 2.45) is 5.10 Å². The Morgan fingerprint density at radius 3 is 1.82 bits per heavy atom. The van der Waals surface area contributed by atoms with Crippen molar-refractivity contribution in [2.45, 2.75) is 11.8 Å². The quantitative estimate of drug-likeness (QED) is 0.294. The molecule has 0 saturated carbocycles. The molecule has 0 radical (unpaired) electrons. The van der Waals surface area contributed by atoms with Crippen molar-refractivity contribution in [2.75, 3.05) is 0 Å². The lowest BCUT2D eigenvalue weighted by Crippen LogP contribution is -2.31. The first-order valence-corrected chi connectivity index (χ1v) is 11.4. The van der Waals surface area contributed by atoms with Crippen molar-refractivity contribution in [3.63, 3.8) is 0 Å². The number of benzene rings is 3. The number of nitrogens with one attached hydrogen (secondary N) is 1. The molecule has 0 spiro atoms. The van der Waals surface area contributed by atoms with Gasteiger partial charge < -0.3 is 5.11 Å². The number of hydrogen-bond acceptors (Lipinski definition) is 6. The summed E-state index contributed by atoms with van der Waals surface area (Å²) in [6, 6.07) is 23.2. The number of nitrogens with zero attached hydrogens (tertiary/aromatic N) is 3. The topological polar surface area (TPSA) is 126 Å². The Balaban J connectivity index is 2.04. The van der Waals surface area contributed by atoms with Gasteiger partial charge in [0.25, 0.3) is 5.91 Å². The SMILES string of the molecule is N#CC(C(=O)/C(=N\NC(=O)c1ccccc1O)C(C#N)c1ccc(Br)cc1)c1ccc(Br)cc1. The lowest BCUT2D eigenvalue weighted by Gasteiger charge is -2.16. The molecular weight excluding hydrogens is 564 g/mol. The van der Waals surface area contributed by atoms with Crippen molar-refractivity contribution in [1.82, 2.24) is 5.43 Å². The molecule has 1 amide bonds. The predicted octanol–water partition coefficient (Wildman–Crippen LogP) is 5.19. The second-order valence-corrected chi connectivity index (χ2v) is 8.88.